The molecule has 35 heavy (non-hydrogen) atoms. The van der Waals surface area contributed by atoms with E-state index in [9.17, 15) is 22.3 Å². The molecule has 0 aliphatic heterocycles. The zero-order chi connectivity index (χ0) is 25.0. The number of hydrogen-bond acceptors (Lipinski definition) is 10. The molecule has 10 nitrogen and oxygen atoms in total. The third-order valence-corrected chi connectivity index (χ3v) is 6.01. The Morgan fingerprint density at radius 3 is 2.37 bits per heavy atom. The van der Waals surface area contributed by atoms with Gasteiger partial charge in [-0.1, -0.05) is 30.3 Å². The highest BCUT2D eigenvalue weighted by Crippen LogP contribution is 2.31. The minimum atomic E-state index is -3.35. The van der Waals surface area contributed by atoms with E-state index in [0.29, 0.717) is 5.69 Å². The number of sulfone groups is 1. The highest BCUT2D eigenvalue weighted by atomic mass is 32.2. The number of nitrogens with one attached hydrogen (secondary N) is 2. The third-order valence-electron chi connectivity index (χ3n) is 4.88. The smallest absolute Gasteiger partial charge is 0.314 e. The monoisotopic (exact) mass is 502 g/mol. The molecule has 0 unspecified atom stereocenters. The van der Waals surface area contributed by atoms with Crippen LogP contribution in [0, 0.1) is 0 Å². The summed E-state index contributed by atoms with van der Waals surface area (Å²) in [4.78, 5) is 8.74. The number of hydrogen-bond donors (Lipinski definition) is 3. The van der Waals surface area contributed by atoms with E-state index in [1.807, 2.05) is 6.07 Å². The van der Waals surface area contributed by atoms with Gasteiger partial charge in [-0.05, 0) is 29.8 Å². The zero-order valence-electron chi connectivity index (χ0n) is 18.3. The van der Waals surface area contributed by atoms with Gasteiger partial charge in [0.25, 0.3) is 11.8 Å². The van der Waals surface area contributed by atoms with Crippen molar-refractivity contribution in [2.75, 3.05) is 23.5 Å². The van der Waals surface area contributed by atoms with Gasteiger partial charge in [0, 0.05) is 18.1 Å². The lowest BCUT2D eigenvalue weighted by molar-refractivity contribution is 0.116. The SMILES string of the molecule is CS(=O)(=O)c1ccc(Nc2ncc(-c3nnc(C(F)F)o3)c(N[C@H](CO)c3ccccc3)n2)cc1. The molecule has 4 rings (SSSR count). The molecular formula is C22H20F2N6O4S. The molecule has 2 aromatic carbocycles. The highest BCUT2D eigenvalue weighted by Gasteiger charge is 2.22. The van der Waals surface area contributed by atoms with Crippen LogP contribution in [0.3, 0.4) is 0 Å². The summed E-state index contributed by atoms with van der Waals surface area (Å²) in [5, 5.41) is 23.0. The summed E-state index contributed by atoms with van der Waals surface area (Å²) >= 11 is 0. The second kappa shape index (κ2) is 10.1. The van der Waals surface area contributed by atoms with Crippen molar-refractivity contribution in [1.29, 1.82) is 0 Å². The van der Waals surface area contributed by atoms with Gasteiger partial charge in [0.05, 0.1) is 23.1 Å². The molecule has 0 amide bonds. The van der Waals surface area contributed by atoms with Gasteiger partial charge in [-0.15, -0.1) is 10.2 Å². The van der Waals surface area contributed by atoms with Crippen molar-refractivity contribution in [2.45, 2.75) is 17.4 Å². The summed E-state index contributed by atoms with van der Waals surface area (Å²) in [6, 6.07) is 14.4. The van der Waals surface area contributed by atoms with Crippen LogP contribution in [-0.4, -0.2) is 46.6 Å². The maximum Gasteiger partial charge on any atom is 0.314 e. The van der Waals surface area contributed by atoms with Crippen LogP contribution in [0.25, 0.3) is 11.5 Å². The second-order valence-electron chi connectivity index (χ2n) is 7.41. The maximum atomic E-state index is 13.0. The summed E-state index contributed by atoms with van der Waals surface area (Å²) in [5.41, 5.74) is 1.41. The molecule has 0 fully saturated rings. The van der Waals surface area contributed by atoms with Crippen LogP contribution >= 0.6 is 0 Å². The molecule has 0 aliphatic rings. The Hall–Kier alpha value is -3.97. The largest absolute Gasteiger partial charge is 0.415 e. The summed E-state index contributed by atoms with van der Waals surface area (Å²) in [7, 11) is -3.35. The molecule has 13 heteroatoms. The average Bonchev–Trinajstić information content (AvgIpc) is 3.33. The van der Waals surface area contributed by atoms with Gasteiger partial charge in [-0.3, -0.25) is 0 Å². The van der Waals surface area contributed by atoms with Crippen LogP contribution in [0.15, 0.2) is 70.1 Å². The molecule has 0 radical (unpaired) electrons. The fraction of sp³-hybridized carbons (Fsp3) is 0.182. The van der Waals surface area contributed by atoms with Gasteiger partial charge in [-0.2, -0.15) is 13.8 Å². The van der Waals surface area contributed by atoms with E-state index >= 15 is 0 Å². The number of aliphatic hydroxyl groups excluding tert-OH is 1. The van der Waals surface area contributed by atoms with E-state index in [0.717, 1.165) is 11.8 Å². The standard InChI is InChI=1S/C22H20F2N6O4S/c1-35(32,33)15-9-7-14(8-10-15)26-22-25-11-16(20-29-30-21(34-20)18(23)24)19(28-22)27-17(12-31)13-5-3-2-4-6-13/h2-11,17-18,31H,12H2,1H3,(H2,25,26,27,28)/t17-/m1/s1. The molecule has 182 valence electrons. The minimum Gasteiger partial charge on any atom is -0.415 e. The number of aromatic nitrogens is 4. The number of anilines is 3. The number of halogens is 2. The molecule has 2 heterocycles. The lowest BCUT2D eigenvalue weighted by atomic mass is 10.1. The van der Waals surface area contributed by atoms with Crippen molar-refractivity contribution in [3.05, 3.63) is 72.2 Å². The van der Waals surface area contributed by atoms with Gasteiger partial charge in [-0.25, -0.2) is 13.4 Å². The first-order valence-electron chi connectivity index (χ1n) is 10.2. The van der Waals surface area contributed by atoms with Gasteiger partial charge in [0.15, 0.2) is 9.84 Å². The topological polar surface area (TPSA) is 143 Å². The van der Waals surface area contributed by atoms with Crippen LogP contribution in [0.2, 0.25) is 0 Å². The Morgan fingerprint density at radius 1 is 1.06 bits per heavy atom. The van der Waals surface area contributed by atoms with Gasteiger partial charge < -0.3 is 20.2 Å². The Morgan fingerprint density at radius 2 is 1.77 bits per heavy atom. The van der Waals surface area contributed by atoms with Crippen molar-refractivity contribution in [3.63, 3.8) is 0 Å². The van der Waals surface area contributed by atoms with Crippen LogP contribution in [-0.2, 0) is 9.84 Å². The number of alkyl halides is 2. The number of benzene rings is 2. The first kappa shape index (κ1) is 24.2. The van der Waals surface area contributed by atoms with E-state index in [2.05, 4.69) is 30.8 Å². The predicted octanol–water partition coefficient (Wildman–Crippen LogP) is 3.76. The lowest BCUT2D eigenvalue weighted by Gasteiger charge is -2.19. The summed E-state index contributed by atoms with van der Waals surface area (Å²) in [6.45, 7) is -0.296. The Bertz CT molecular complexity index is 1400. The van der Waals surface area contributed by atoms with Gasteiger partial charge in [0.1, 0.15) is 5.82 Å². The Labute approximate surface area is 199 Å². The predicted molar refractivity (Wildman–Crippen MR) is 123 cm³/mol. The quantitative estimate of drug-likeness (QED) is 0.309. The fourth-order valence-electron chi connectivity index (χ4n) is 3.14. The summed E-state index contributed by atoms with van der Waals surface area (Å²) < 4.78 is 54.3. The minimum absolute atomic E-state index is 0.113. The molecule has 1 atom stereocenters. The van der Waals surface area contributed by atoms with Crippen LogP contribution in [0.1, 0.15) is 23.9 Å². The number of nitrogens with zero attached hydrogens (tertiary/aromatic N) is 4. The van der Waals surface area contributed by atoms with E-state index in [1.54, 1.807) is 36.4 Å². The second-order valence-corrected chi connectivity index (χ2v) is 9.43. The number of rotatable bonds is 9. The van der Waals surface area contributed by atoms with Crippen molar-refractivity contribution in [1.82, 2.24) is 20.2 Å². The van der Waals surface area contributed by atoms with Gasteiger partial charge >= 0.3 is 6.43 Å². The van der Waals surface area contributed by atoms with Crippen molar-refractivity contribution < 1.29 is 26.7 Å². The average molecular weight is 503 g/mol. The van der Waals surface area contributed by atoms with Crippen molar-refractivity contribution >= 4 is 27.3 Å². The molecular weight excluding hydrogens is 482 g/mol. The first-order valence-corrected chi connectivity index (χ1v) is 12.1. The first-order chi connectivity index (χ1) is 16.7. The summed E-state index contributed by atoms with van der Waals surface area (Å²) in [5.74, 6) is -0.818. The molecule has 3 N–H and O–H groups in total. The molecule has 0 bridgehead atoms. The molecule has 4 aromatic rings. The Balaban J connectivity index is 1.69. The van der Waals surface area contributed by atoms with Crippen LogP contribution in [0.5, 0.6) is 0 Å². The van der Waals surface area contributed by atoms with E-state index in [-0.39, 0.29) is 34.7 Å². The summed E-state index contributed by atoms with van der Waals surface area (Å²) in [6.07, 6.45) is -0.528. The molecule has 2 aromatic heterocycles. The maximum absolute atomic E-state index is 13.0. The van der Waals surface area contributed by atoms with E-state index in [4.69, 9.17) is 4.42 Å². The van der Waals surface area contributed by atoms with Crippen molar-refractivity contribution in [2.24, 2.45) is 0 Å². The van der Waals surface area contributed by atoms with Crippen LogP contribution < -0.4 is 10.6 Å². The van der Waals surface area contributed by atoms with E-state index in [1.165, 1.54) is 18.3 Å². The van der Waals surface area contributed by atoms with Gasteiger partial charge in [0.2, 0.25) is 5.95 Å². The third kappa shape index (κ3) is 5.75. The molecule has 0 aliphatic carbocycles. The number of aliphatic hydroxyl groups is 1. The lowest BCUT2D eigenvalue weighted by Crippen LogP contribution is -2.17. The molecule has 0 saturated heterocycles. The normalized spacial score (nSPS) is 12.5. The zero-order valence-corrected chi connectivity index (χ0v) is 19.1. The molecule has 0 saturated carbocycles. The van der Waals surface area contributed by atoms with E-state index < -0.39 is 28.2 Å². The van der Waals surface area contributed by atoms with Crippen LogP contribution in [0.4, 0.5) is 26.2 Å². The molecule has 0 spiro atoms. The highest BCUT2D eigenvalue weighted by molar-refractivity contribution is 7.90. The fourth-order valence-corrected chi connectivity index (χ4v) is 3.77. The Kier molecular flexibility index (Phi) is 6.98. The van der Waals surface area contributed by atoms with Crippen molar-refractivity contribution in [3.8, 4) is 11.5 Å².